The van der Waals surface area contributed by atoms with E-state index < -0.39 is 15.6 Å². The van der Waals surface area contributed by atoms with Gasteiger partial charge in [0.05, 0.1) is 12.2 Å². The van der Waals surface area contributed by atoms with Crippen LogP contribution < -0.4 is 0 Å². The lowest BCUT2D eigenvalue weighted by atomic mass is 9.95. The molecule has 2 fully saturated rings. The van der Waals surface area contributed by atoms with E-state index in [1.807, 2.05) is 56.0 Å². The summed E-state index contributed by atoms with van der Waals surface area (Å²) in [7, 11) is -3.35. The number of sulfonamides is 1. The number of carbonyl (C=O) groups excluding carboxylic acids is 2. The first kappa shape index (κ1) is 25.5. The predicted molar refractivity (Wildman–Crippen MR) is 127 cm³/mol. The van der Waals surface area contributed by atoms with Crippen LogP contribution in [-0.4, -0.2) is 78.6 Å². The number of likely N-dealkylation sites (tertiary alicyclic amines) is 1. The van der Waals surface area contributed by atoms with Crippen molar-refractivity contribution in [1.29, 1.82) is 0 Å². The average Bonchev–Trinajstić information content (AvgIpc) is 2.76. The van der Waals surface area contributed by atoms with E-state index in [1.54, 1.807) is 4.90 Å². The summed E-state index contributed by atoms with van der Waals surface area (Å²) in [5.74, 6) is -0.419. The maximum atomic E-state index is 13.7. The highest BCUT2D eigenvalue weighted by atomic mass is 32.2. The van der Waals surface area contributed by atoms with Crippen LogP contribution in [0.1, 0.15) is 52.0 Å². The van der Waals surface area contributed by atoms with Gasteiger partial charge in [-0.15, -0.1) is 0 Å². The van der Waals surface area contributed by atoms with Gasteiger partial charge in [-0.1, -0.05) is 30.3 Å². The Kier molecular flexibility index (Phi) is 8.05. The molecule has 0 bridgehead atoms. The molecule has 0 radical (unpaired) electrons. The lowest BCUT2D eigenvalue weighted by Crippen LogP contribution is -2.55. The summed E-state index contributed by atoms with van der Waals surface area (Å²) in [5, 5.41) is 0. The molecule has 0 unspecified atom stereocenters. The van der Waals surface area contributed by atoms with Gasteiger partial charge in [0.2, 0.25) is 15.9 Å². The van der Waals surface area contributed by atoms with Gasteiger partial charge in [0.15, 0.2) is 0 Å². The number of hydrogen-bond acceptors (Lipinski definition) is 5. The van der Waals surface area contributed by atoms with Crippen molar-refractivity contribution in [2.75, 3.05) is 32.4 Å². The number of piperidine rings is 2. The standard InChI is InChI=1S/C24H37N3O5S/c1-24(2,3)32-23(29)25-14-9-13-21(18-25)27(16-19-10-6-5-7-11-19)22(28)20-12-8-15-26(17-20)33(4,30)31/h5-7,10-11,20-21H,8-9,12-18H2,1-4H3/t20-,21+/m0/s1. The molecule has 8 nitrogen and oxygen atoms in total. The highest BCUT2D eigenvalue weighted by molar-refractivity contribution is 7.88. The normalized spacial score (nSPS) is 22.6. The highest BCUT2D eigenvalue weighted by Gasteiger charge is 2.37. The van der Waals surface area contributed by atoms with Gasteiger partial charge >= 0.3 is 6.09 Å². The van der Waals surface area contributed by atoms with Crippen molar-refractivity contribution in [1.82, 2.24) is 14.1 Å². The molecule has 1 aromatic carbocycles. The van der Waals surface area contributed by atoms with Crippen LogP contribution in [0.3, 0.4) is 0 Å². The molecule has 0 aromatic heterocycles. The smallest absolute Gasteiger partial charge is 0.410 e. The third-order valence-electron chi connectivity index (χ3n) is 6.17. The highest BCUT2D eigenvalue weighted by Crippen LogP contribution is 2.26. The second kappa shape index (κ2) is 10.4. The molecule has 0 spiro atoms. The molecule has 0 aliphatic carbocycles. The Bertz CT molecular complexity index is 929. The van der Waals surface area contributed by atoms with Gasteiger partial charge in [0.25, 0.3) is 0 Å². The number of ether oxygens (including phenoxy) is 1. The third-order valence-corrected chi connectivity index (χ3v) is 7.44. The second-order valence-corrected chi connectivity index (χ2v) is 12.1. The first-order valence-electron chi connectivity index (χ1n) is 11.7. The molecule has 1 aromatic rings. The van der Waals surface area contributed by atoms with Crippen LogP contribution in [0.15, 0.2) is 30.3 Å². The molecular formula is C24H37N3O5S. The molecule has 2 atom stereocenters. The van der Waals surface area contributed by atoms with E-state index in [9.17, 15) is 18.0 Å². The van der Waals surface area contributed by atoms with Crippen molar-refractivity contribution < 1.29 is 22.7 Å². The second-order valence-electron chi connectivity index (χ2n) is 10.1. The first-order valence-corrected chi connectivity index (χ1v) is 13.6. The maximum absolute atomic E-state index is 13.7. The van der Waals surface area contributed by atoms with E-state index >= 15 is 0 Å². The number of nitrogens with zero attached hydrogens (tertiary/aromatic N) is 3. The van der Waals surface area contributed by atoms with Crippen LogP contribution in [0.5, 0.6) is 0 Å². The number of hydrogen-bond donors (Lipinski definition) is 0. The molecule has 0 saturated carbocycles. The van der Waals surface area contributed by atoms with E-state index in [2.05, 4.69) is 0 Å². The van der Waals surface area contributed by atoms with Gasteiger partial charge in [-0.05, 0) is 52.0 Å². The van der Waals surface area contributed by atoms with Gasteiger partial charge < -0.3 is 14.5 Å². The fraction of sp³-hybridized carbons (Fsp3) is 0.667. The SMILES string of the molecule is CC(C)(C)OC(=O)N1CCC[C@@H](N(Cc2ccccc2)C(=O)[C@H]2CCCN(S(C)(=O)=O)C2)C1. The van der Waals surface area contributed by atoms with Gasteiger partial charge in [-0.2, -0.15) is 0 Å². The fourth-order valence-electron chi connectivity index (χ4n) is 4.55. The Morgan fingerprint density at radius 1 is 1.06 bits per heavy atom. The molecule has 3 rings (SSSR count). The number of rotatable bonds is 5. The molecule has 2 saturated heterocycles. The minimum atomic E-state index is -3.35. The molecule has 2 aliphatic heterocycles. The lowest BCUT2D eigenvalue weighted by Gasteiger charge is -2.42. The lowest BCUT2D eigenvalue weighted by molar-refractivity contribution is -0.141. The van der Waals surface area contributed by atoms with Gasteiger partial charge in [0.1, 0.15) is 5.60 Å². The van der Waals surface area contributed by atoms with Crippen LogP contribution in [0.25, 0.3) is 0 Å². The fourth-order valence-corrected chi connectivity index (χ4v) is 5.46. The zero-order chi connectivity index (χ0) is 24.2. The molecule has 2 heterocycles. The van der Waals surface area contributed by atoms with Crippen LogP contribution in [0.4, 0.5) is 4.79 Å². The monoisotopic (exact) mass is 479 g/mol. The molecular weight excluding hydrogens is 442 g/mol. The summed E-state index contributed by atoms with van der Waals surface area (Å²) in [6.45, 7) is 7.64. The van der Waals surface area contributed by atoms with Crippen molar-refractivity contribution in [3.63, 3.8) is 0 Å². The molecule has 2 aliphatic rings. The van der Waals surface area contributed by atoms with Crippen molar-refractivity contribution in [3.8, 4) is 0 Å². The van der Waals surface area contributed by atoms with E-state index in [0.29, 0.717) is 39.0 Å². The Labute approximate surface area is 197 Å². The summed E-state index contributed by atoms with van der Waals surface area (Å²) in [6.07, 6.45) is 3.74. The summed E-state index contributed by atoms with van der Waals surface area (Å²) in [5.41, 5.74) is 0.428. The van der Waals surface area contributed by atoms with E-state index in [1.165, 1.54) is 10.6 Å². The largest absolute Gasteiger partial charge is 0.444 e. The Balaban J connectivity index is 1.80. The zero-order valence-electron chi connectivity index (χ0n) is 20.2. The van der Waals surface area contributed by atoms with Gasteiger partial charge in [-0.3, -0.25) is 4.79 Å². The Hall–Kier alpha value is -2.13. The predicted octanol–water partition coefficient (Wildman–Crippen LogP) is 3.09. The van der Waals surface area contributed by atoms with Crippen LogP contribution >= 0.6 is 0 Å². The summed E-state index contributed by atoms with van der Waals surface area (Å²) >= 11 is 0. The molecule has 33 heavy (non-hydrogen) atoms. The van der Waals surface area contributed by atoms with Crippen molar-refractivity contribution in [3.05, 3.63) is 35.9 Å². The summed E-state index contributed by atoms with van der Waals surface area (Å²) in [6, 6.07) is 9.64. The third kappa shape index (κ3) is 7.17. The summed E-state index contributed by atoms with van der Waals surface area (Å²) in [4.78, 5) is 30.0. The molecule has 9 heteroatoms. The minimum absolute atomic E-state index is 0.0387. The van der Waals surface area contributed by atoms with E-state index in [4.69, 9.17) is 4.74 Å². The molecule has 2 amide bonds. The molecule has 184 valence electrons. The van der Waals surface area contributed by atoms with Crippen LogP contribution in [0, 0.1) is 5.92 Å². The maximum Gasteiger partial charge on any atom is 0.410 e. The number of carbonyl (C=O) groups is 2. The first-order chi connectivity index (χ1) is 15.4. The average molecular weight is 480 g/mol. The van der Waals surface area contributed by atoms with E-state index in [-0.39, 0.29) is 30.5 Å². The topological polar surface area (TPSA) is 87.2 Å². The Morgan fingerprint density at radius 2 is 1.73 bits per heavy atom. The van der Waals surface area contributed by atoms with Gasteiger partial charge in [-0.25, -0.2) is 17.5 Å². The van der Waals surface area contributed by atoms with Crippen molar-refractivity contribution in [2.45, 2.75) is 64.6 Å². The zero-order valence-corrected chi connectivity index (χ0v) is 21.0. The van der Waals surface area contributed by atoms with Crippen molar-refractivity contribution in [2.24, 2.45) is 5.92 Å². The number of amides is 2. The summed E-state index contributed by atoms with van der Waals surface area (Å²) < 4.78 is 31.2. The van der Waals surface area contributed by atoms with Gasteiger partial charge in [0, 0.05) is 38.8 Å². The Morgan fingerprint density at radius 3 is 2.36 bits per heavy atom. The molecule has 0 N–H and O–H groups in total. The number of benzene rings is 1. The minimum Gasteiger partial charge on any atom is -0.444 e. The van der Waals surface area contributed by atoms with Crippen LogP contribution in [-0.2, 0) is 26.1 Å². The van der Waals surface area contributed by atoms with Crippen LogP contribution in [0.2, 0.25) is 0 Å². The quantitative estimate of drug-likeness (QED) is 0.648. The van der Waals surface area contributed by atoms with E-state index in [0.717, 1.165) is 18.4 Å². The van der Waals surface area contributed by atoms with Crippen molar-refractivity contribution >= 4 is 22.0 Å².